The Morgan fingerprint density at radius 3 is 2.26 bits per heavy atom. The third kappa shape index (κ3) is 1.99. The van der Waals surface area contributed by atoms with Gasteiger partial charge >= 0.3 is 11.9 Å². The maximum Gasteiger partial charge on any atom is 0.348 e. The Labute approximate surface area is 110 Å². The summed E-state index contributed by atoms with van der Waals surface area (Å²) in [6.07, 6.45) is 0. The largest absolute Gasteiger partial charge is 0.467 e. The minimum absolute atomic E-state index is 0.244. The number of methoxy groups -OCH3 is 2. The molecule has 1 aliphatic heterocycles. The fourth-order valence-corrected chi connectivity index (χ4v) is 2.23. The molecule has 6 heteroatoms. The molecule has 6 nitrogen and oxygen atoms in total. The van der Waals surface area contributed by atoms with Crippen LogP contribution >= 0.6 is 0 Å². The van der Waals surface area contributed by atoms with Crippen molar-refractivity contribution in [2.24, 2.45) is 10.2 Å². The van der Waals surface area contributed by atoms with E-state index in [0.29, 0.717) is 0 Å². The molecular formula is C13H14N2O4. The third-order valence-corrected chi connectivity index (χ3v) is 3.19. The van der Waals surface area contributed by atoms with E-state index in [0.717, 1.165) is 5.56 Å². The highest BCUT2D eigenvalue weighted by atomic mass is 16.5. The Hall–Kier alpha value is -2.24. The van der Waals surface area contributed by atoms with Crippen molar-refractivity contribution in [2.75, 3.05) is 20.8 Å². The molecule has 0 aromatic heterocycles. The van der Waals surface area contributed by atoms with Gasteiger partial charge in [-0.2, -0.15) is 10.2 Å². The van der Waals surface area contributed by atoms with Gasteiger partial charge in [-0.1, -0.05) is 30.3 Å². The Bertz CT molecular complexity index is 497. The second kappa shape index (κ2) is 5.17. The van der Waals surface area contributed by atoms with Crippen LogP contribution in [0, 0.1) is 0 Å². The monoisotopic (exact) mass is 262 g/mol. The van der Waals surface area contributed by atoms with Gasteiger partial charge in [0.25, 0.3) is 5.54 Å². The number of rotatable bonds is 3. The van der Waals surface area contributed by atoms with Crippen LogP contribution in [0.15, 0.2) is 40.6 Å². The molecule has 0 aliphatic carbocycles. The van der Waals surface area contributed by atoms with Crippen molar-refractivity contribution in [1.29, 1.82) is 0 Å². The van der Waals surface area contributed by atoms with Crippen LogP contribution in [0.1, 0.15) is 11.5 Å². The van der Waals surface area contributed by atoms with Crippen molar-refractivity contribution < 1.29 is 19.1 Å². The zero-order valence-corrected chi connectivity index (χ0v) is 10.7. The molecule has 1 aliphatic rings. The summed E-state index contributed by atoms with van der Waals surface area (Å²) in [5.74, 6) is -2.02. The van der Waals surface area contributed by atoms with Gasteiger partial charge in [0, 0.05) is 0 Å². The number of azo groups is 1. The first-order chi connectivity index (χ1) is 9.16. The van der Waals surface area contributed by atoms with E-state index in [9.17, 15) is 9.59 Å². The minimum atomic E-state index is -1.73. The van der Waals surface area contributed by atoms with Gasteiger partial charge in [0.1, 0.15) is 0 Å². The molecule has 0 fully saturated rings. The van der Waals surface area contributed by atoms with Crippen molar-refractivity contribution in [1.82, 2.24) is 0 Å². The van der Waals surface area contributed by atoms with Crippen molar-refractivity contribution in [3.8, 4) is 0 Å². The van der Waals surface area contributed by atoms with Crippen LogP contribution < -0.4 is 0 Å². The molecule has 1 aromatic rings. The first-order valence-electron chi connectivity index (χ1n) is 5.77. The van der Waals surface area contributed by atoms with Crippen LogP contribution in [-0.4, -0.2) is 38.2 Å². The lowest BCUT2D eigenvalue weighted by atomic mass is 9.80. The molecule has 100 valence electrons. The number of nitrogens with zero attached hydrogens (tertiary/aromatic N) is 2. The summed E-state index contributed by atoms with van der Waals surface area (Å²) in [6, 6.07) is 9.15. The molecule has 1 heterocycles. The molecule has 1 atom stereocenters. The summed E-state index contributed by atoms with van der Waals surface area (Å²) in [4.78, 5) is 24.1. The summed E-state index contributed by atoms with van der Waals surface area (Å²) in [5, 5.41) is 7.70. The van der Waals surface area contributed by atoms with Gasteiger partial charge in [-0.05, 0) is 5.56 Å². The number of hydrogen-bond donors (Lipinski definition) is 0. The van der Waals surface area contributed by atoms with Gasteiger partial charge in [-0.25, -0.2) is 9.59 Å². The average molecular weight is 262 g/mol. The van der Waals surface area contributed by atoms with E-state index >= 15 is 0 Å². The summed E-state index contributed by atoms with van der Waals surface area (Å²) in [5.41, 5.74) is -0.937. The Kier molecular flexibility index (Phi) is 3.59. The number of carbonyl (C=O) groups excluding carboxylic acids is 2. The quantitative estimate of drug-likeness (QED) is 0.608. The fourth-order valence-electron chi connectivity index (χ4n) is 2.23. The van der Waals surface area contributed by atoms with Crippen LogP contribution in [0.3, 0.4) is 0 Å². The second-order valence-corrected chi connectivity index (χ2v) is 4.14. The van der Waals surface area contributed by atoms with Crippen molar-refractivity contribution >= 4 is 11.9 Å². The maximum absolute atomic E-state index is 12.0. The predicted molar refractivity (Wildman–Crippen MR) is 65.7 cm³/mol. The van der Waals surface area contributed by atoms with E-state index in [1.807, 2.05) is 30.3 Å². The molecule has 0 radical (unpaired) electrons. The van der Waals surface area contributed by atoms with Gasteiger partial charge in [0.2, 0.25) is 0 Å². The van der Waals surface area contributed by atoms with E-state index in [-0.39, 0.29) is 6.54 Å². The predicted octanol–water partition coefficient (Wildman–Crippen LogP) is 1.32. The highest BCUT2D eigenvalue weighted by molar-refractivity contribution is 6.06. The first-order valence-corrected chi connectivity index (χ1v) is 5.77. The lowest BCUT2D eigenvalue weighted by Crippen LogP contribution is -2.50. The number of carbonyl (C=O) groups is 2. The van der Waals surface area contributed by atoms with Crippen LogP contribution in [0.5, 0.6) is 0 Å². The molecule has 0 spiro atoms. The van der Waals surface area contributed by atoms with E-state index in [4.69, 9.17) is 9.47 Å². The van der Waals surface area contributed by atoms with Gasteiger partial charge in [-0.15, -0.1) is 0 Å². The maximum atomic E-state index is 12.0. The SMILES string of the molecule is COC(=O)C1(C(=O)OC)N=NCC1c1ccccc1. The molecule has 0 N–H and O–H groups in total. The van der Waals surface area contributed by atoms with Gasteiger partial charge < -0.3 is 9.47 Å². The van der Waals surface area contributed by atoms with Crippen LogP contribution in [0.25, 0.3) is 0 Å². The first kappa shape index (κ1) is 13.2. The normalized spacial score (nSPS) is 20.0. The van der Waals surface area contributed by atoms with E-state index in [2.05, 4.69) is 10.2 Å². The molecule has 2 rings (SSSR count). The van der Waals surface area contributed by atoms with E-state index < -0.39 is 23.4 Å². The molecule has 19 heavy (non-hydrogen) atoms. The summed E-state index contributed by atoms with van der Waals surface area (Å²) in [6.45, 7) is 0.244. The smallest absolute Gasteiger partial charge is 0.348 e. The lowest BCUT2D eigenvalue weighted by molar-refractivity contribution is -0.161. The average Bonchev–Trinajstić information content (AvgIpc) is 2.92. The number of esters is 2. The Morgan fingerprint density at radius 1 is 1.16 bits per heavy atom. The van der Waals surface area contributed by atoms with E-state index in [1.165, 1.54) is 14.2 Å². The molecule has 0 saturated carbocycles. The highest BCUT2D eigenvalue weighted by Crippen LogP contribution is 2.39. The summed E-state index contributed by atoms with van der Waals surface area (Å²) in [7, 11) is 2.42. The minimum Gasteiger partial charge on any atom is -0.467 e. The molecule has 0 amide bonds. The van der Waals surface area contributed by atoms with Crippen LogP contribution in [0.4, 0.5) is 0 Å². The lowest BCUT2D eigenvalue weighted by Gasteiger charge is -2.26. The topological polar surface area (TPSA) is 77.3 Å². The van der Waals surface area contributed by atoms with Crippen LogP contribution in [0.2, 0.25) is 0 Å². The van der Waals surface area contributed by atoms with Crippen molar-refractivity contribution in [2.45, 2.75) is 11.5 Å². The van der Waals surface area contributed by atoms with Crippen LogP contribution in [-0.2, 0) is 19.1 Å². The molecule has 0 bridgehead atoms. The number of benzene rings is 1. The molecule has 0 saturated heterocycles. The zero-order valence-electron chi connectivity index (χ0n) is 10.7. The third-order valence-electron chi connectivity index (χ3n) is 3.19. The van der Waals surface area contributed by atoms with Gasteiger partial charge in [0.05, 0.1) is 26.7 Å². The van der Waals surface area contributed by atoms with Crippen molar-refractivity contribution in [3.63, 3.8) is 0 Å². The molecule has 1 aromatic carbocycles. The number of hydrogen-bond acceptors (Lipinski definition) is 6. The Morgan fingerprint density at radius 2 is 1.74 bits per heavy atom. The fraction of sp³-hybridized carbons (Fsp3) is 0.385. The molecule has 1 unspecified atom stereocenters. The van der Waals surface area contributed by atoms with Gasteiger partial charge in [0.15, 0.2) is 0 Å². The highest BCUT2D eigenvalue weighted by Gasteiger charge is 2.58. The molecular weight excluding hydrogens is 248 g/mol. The van der Waals surface area contributed by atoms with E-state index in [1.54, 1.807) is 0 Å². The zero-order chi connectivity index (χ0) is 13.9. The van der Waals surface area contributed by atoms with Gasteiger partial charge in [-0.3, -0.25) is 0 Å². The second-order valence-electron chi connectivity index (χ2n) is 4.14. The standard InChI is InChI=1S/C13H14N2O4/c1-18-11(16)13(12(17)19-2)10(8-14-15-13)9-6-4-3-5-7-9/h3-7,10H,8H2,1-2H3. The van der Waals surface area contributed by atoms with Crippen molar-refractivity contribution in [3.05, 3.63) is 35.9 Å². The summed E-state index contributed by atoms with van der Waals surface area (Å²) < 4.78 is 9.44. The number of ether oxygens (including phenoxy) is 2. The summed E-state index contributed by atoms with van der Waals surface area (Å²) >= 11 is 0. The Balaban J connectivity index is 2.49.